The number of fused-ring (bicyclic) bond motifs is 1. The number of rotatable bonds is 3. The fraction of sp³-hybridized carbons (Fsp3) is 0. The lowest BCUT2D eigenvalue weighted by Gasteiger charge is -2.03. The second-order valence-electron chi connectivity index (χ2n) is 4.46. The topological polar surface area (TPSA) is 80.6 Å². The predicted molar refractivity (Wildman–Crippen MR) is 82.0 cm³/mol. The van der Waals surface area contributed by atoms with Gasteiger partial charge in [-0.3, -0.25) is 0 Å². The third kappa shape index (κ3) is 2.76. The number of benzene rings is 2. The Labute approximate surface area is 121 Å². The van der Waals surface area contributed by atoms with E-state index in [0.717, 1.165) is 22.1 Å². The SMILES string of the molecule is NC(=O)N/N=C\c1ccc(-c2cccc3ccccc23)o1. The minimum atomic E-state index is -0.716. The molecule has 5 nitrogen and oxygen atoms in total. The molecular weight excluding hydrogens is 266 g/mol. The molecule has 3 aromatic rings. The number of nitrogens with one attached hydrogen (secondary N) is 1. The number of primary amides is 1. The average Bonchev–Trinajstić information content (AvgIpc) is 2.95. The lowest BCUT2D eigenvalue weighted by Crippen LogP contribution is -2.24. The molecule has 21 heavy (non-hydrogen) atoms. The molecule has 2 aromatic carbocycles. The molecular formula is C16H13N3O2. The molecule has 0 radical (unpaired) electrons. The van der Waals surface area contributed by atoms with Gasteiger partial charge in [-0.05, 0) is 22.9 Å². The highest BCUT2D eigenvalue weighted by molar-refractivity contribution is 5.95. The summed E-state index contributed by atoms with van der Waals surface area (Å²) in [6.45, 7) is 0. The van der Waals surface area contributed by atoms with Gasteiger partial charge in [-0.25, -0.2) is 10.2 Å². The van der Waals surface area contributed by atoms with Crippen molar-refractivity contribution in [2.45, 2.75) is 0 Å². The highest BCUT2D eigenvalue weighted by Crippen LogP contribution is 2.29. The summed E-state index contributed by atoms with van der Waals surface area (Å²) >= 11 is 0. The Morgan fingerprint density at radius 3 is 2.76 bits per heavy atom. The van der Waals surface area contributed by atoms with E-state index in [4.69, 9.17) is 10.2 Å². The highest BCUT2D eigenvalue weighted by atomic mass is 16.3. The molecule has 3 N–H and O–H groups in total. The summed E-state index contributed by atoms with van der Waals surface area (Å²) in [4.78, 5) is 10.5. The Morgan fingerprint density at radius 1 is 1.10 bits per heavy atom. The van der Waals surface area contributed by atoms with Crippen molar-refractivity contribution >= 4 is 23.0 Å². The molecule has 0 aliphatic heterocycles. The van der Waals surface area contributed by atoms with Crippen LogP contribution in [0.25, 0.3) is 22.1 Å². The number of carbonyl (C=O) groups is 1. The van der Waals surface area contributed by atoms with E-state index in [1.54, 1.807) is 6.07 Å². The lowest BCUT2D eigenvalue weighted by molar-refractivity contribution is 0.249. The van der Waals surface area contributed by atoms with Gasteiger partial charge in [0.15, 0.2) is 0 Å². The lowest BCUT2D eigenvalue weighted by atomic mass is 10.0. The summed E-state index contributed by atoms with van der Waals surface area (Å²) in [5, 5.41) is 5.94. The maximum absolute atomic E-state index is 10.5. The predicted octanol–water partition coefficient (Wildman–Crippen LogP) is 3.10. The number of furan rings is 1. The number of amides is 2. The second kappa shape index (κ2) is 5.50. The summed E-state index contributed by atoms with van der Waals surface area (Å²) in [7, 11) is 0. The molecule has 5 heteroatoms. The minimum absolute atomic E-state index is 0.534. The van der Waals surface area contributed by atoms with Crippen LogP contribution in [0.4, 0.5) is 4.79 Å². The summed E-state index contributed by atoms with van der Waals surface area (Å²) in [5.41, 5.74) is 8.05. The van der Waals surface area contributed by atoms with Crippen LogP contribution in [0.2, 0.25) is 0 Å². The minimum Gasteiger partial charge on any atom is -0.455 e. The fourth-order valence-corrected chi connectivity index (χ4v) is 2.17. The maximum Gasteiger partial charge on any atom is 0.332 e. The molecule has 3 rings (SSSR count). The van der Waals surface area contributed by atoms with Gasteiger partial charge in [0.2, 0.25) is 0 Å². The molecule has 0 atom stereocenters. The van der Waals surface area contributed by atoms with Crippen LogP contribution in [-0.2, 0) is 0 Å². The molecule has 0 aliphatic rings. The highest BCUT2D eigenvalue weighted by Gasteiger charge is 2.07. The first-order valence-electron chi connectivity index (χ1n) is 6.40. The largest absolute Gasteiger partial charge is 0.455 e. The van der Waals surface area contributed by atoms with Gasteiger partial charge >= 0.3 is 6.03 Å². The number of nitrogens with two attached hydrogens (primary N) is 1. The summed E-state index contributed by atoms with van der Waals surface area (Å²) < 4.78 is 5.72. The normalized spacial score (nSPS) is 11.0. The first kappa shape index (κ1) is 12.9. The molecule has 0 saturated heterocycles. The molecule has 104 valence electrons. The third-order valence-electron chi connectivity index (χ3n) is 3.05. The standard InChI is InChI=1S/C16H13N3O2/c17-16(20)19-18-10-12-8-9-15(21-12)14-7-3-5-11-4-1-2-6-13(11)14/h1-10H,(H3,17,19,20)/b18-10-. The van der Waals surface area contributed by atoms with Crippen molar-refractivity contribution in [2.75, 3.05) is 0 Å². The van der Waals surface area contributed by atoms with Crippen LogP contribution in [0.15, 0.2) is 64.1 Å². The molecule has 0 aliphatic carbocycles. The molecule has 1 aromatic heterocycles. The number of hydrogen-bond acceptors (Lipinski definition) is 3. The third-order valence-corrected chi connectivity index (χ3v) is 3.05. The van der Waals surface area contributed by atoms with E-state index >= 15 is 0 Å². The van der Waals surface area contributed by atoms with Crippen molar-refractivity contribution < 1.29 is 9.21 Å². The van der Waals surface area contributed by atoms with Crippen LogP contribution >= 0.6 is 0 Å². The van der Waals surface area contributed by atoms with E-state index in [0.29, 0.717) is 5.76 Å². The van der Waals surface area contributed by atoms with E-state index in [1.165, 1.54) is 6.21 Å². The molecule has 0 spiro atoms. The van der Waals surface area contributed by atoms with Gasteiger partial charge in [0.25, 0.3) is 0 Å². The summed E-state index contributed by atoms with van der Waals surface area (Å²) in [5.74, 6) is 1.28. The van der Waals surface area contributed by atoms with Crippen molar-refractivity contribution in [1.82, 2.24) is 5.43 Å². The van der Waals surface area contributed by atoms with E-state index in [-0.39, 0.29) is 0 Å². The molecule has 1 heterocycles. The number of hydrazone groups is 1. The van der Waals surface area contributed by atoms with Gasteiger partial charge in [-0.1, -0.05) is 42.5 Å². The summed E-state index contributed by atoms with van der Waals surface area (Å²) in [6.07, 6.45) is 1.40. The number of hydrogen-bond donors (Lipinski definition) is 2. The Bertz CT molecular complexity index is 816. The zero-order chi connectivity index (χ0) is 14.7. The van der Waals surface area contributed by atoms with E-state index in [2.05, 4.69) is 28.7 Å². The number of nitrogens with zero attached hydrogens (tertiary/aromatic N) is 1. The quantitative estimate of drug-likeness (QED) is 0.570. The van der Waals surface area contributed by atoms with Crippen LogP contribution in [0.1, 0.15) is 5.76 Å². The molecule has 0 saturated carbocycles. The fourth-order valence-electron chi connectivity index (χ4n) is 2.17. The van der Waals surface area contributed by atoms with Crippen LogP contribution < -0.4 is 11.2 Å². The van der Waals surface area contributed by atoms with Crippen molar-refractivity contribution in [3.63, 3.8) is 0 Å². The summed E-state index contributed by atoms with van der Waals surface area (Å²) in [6, 6.07) is 17.1. The van der Waals surface area contributed by atoms with E-state index < -0.39 is 6.03 Å². The molecule has 0 bridgehead atoms. The zero-order valence-corrected chi connectivity index (χ0v) is 11.1. The second-order valence-corrected chi connectivity index (χ2v) is 4.46. The van der Waals surface area contributed by atoms with E-state index in [1.807, 2.05) is 30.3 Å². The van der Waals surface area contributed by atoms with Crippen molar-refractivity contribution in [3.05, 3.63) is 60.4 Å². The number of urea groups is 1. The number of carbonyl (C=O) groups excluding carboxylic acids is 1. The van der Waals surface area contributed by atoms with Gasteiger partial charge in [-0.2, -0.15) is 5.10 Å². The average molecular weight is 279 g/mol. The van der Waals surface area contributed by atoms with Crippen molar-refractivity contribution in [3.8, 4) is 11.3 Å². The van der Waals surface area contributed by atoms with Crippen molar-refractivity contribution in [1.29, 1.82) is 0 Å². The van der Waals surface area contributed by atoms with Crippen molar-refractivity contribution in [2.24, 2.45) is 10.8 Å². The maximum atomic E-state index is 10.5. The molecule has 2 amide bonds. The molecule has 0 unspecified atom stereocenters. The molecule has 0 fully saturated rings. The first-order chi connectivity index (χ1) is 10.2. The van der Waals surface area contributed by atoms with Crippen LogP contribution in [0.3, 0.4) is 0 Å². The van der Waals surface area contributed by atoms with Crippen LogP contribution in [0.5, 0.6) is 0 Å². The van der Waals surface area contributed by atoms with Gasteiger partial charge in [0.05, 0.1) is 6.21 Å². The van der Waals surface area contributed by atoms with E-state index in [9.17, 15) is 4.79 Å². The Balaban J connectivity index is 1.95. The van der Waals surface area contributed by atoms with Crippen LogP contribution in [0, 0.1) is 0 Å². The van der Waals surface area contributed by atoms with Crippen LogP contribution in [-0.4, -0.2) is 12.2 Å². The zero-order valence-electron chi connectivity index (χ0n) is 11.1. The smallest absolute Gasteiger partial charge is 0.332 e. The van der Waals surface area contributed by atoms with Gasteiger partial charge < -0.3 is 10.2 Å². The van der Waals surface area contributed by atoms with Gasteiger partial charge in [-0.15, -0.1) is 0 Å². The monoisotopic (exact) mass is 279 g/mol. The van der Waals surface area contributed by atoms with Gasteiger partial charge in [0.1, 0.15) is 11.5 Å². The Morgan fingerprint density at radius 2 is 1.90 bits per heavy atom. The Hall–Kier alpha value is -3.08. The first-order valence-corrected chi connectivity index (χ1v) is 6.40. The van der Waals surface area contributed by atoms with Gasteiger partial charge in [0, 0.05) is 5.56 Å². The Kier molecular flexibility index (Phi) is 3.39.